The third-order valence-corrected chi connectivity index (χ3v) is 3.98. The summed E-state index contributed by atoms with van der Waals surface area (Å²) in [5, 5.41) is 18.7. The van der Waals surface area contributed by atoms with Crippen molar-refractivity contribution in [1.29, 1.82) is 0 Å². The second-order valence-electron chi connectivity index (χ2n) is 4.77. The van der Waals surface area contributed by atoms with Crippen molar-refractivity contribution < 1.29 is 10.2 Å². The summed E-state index contributed by atoms with van der Waals surface area (Å²) in [7, 11) is 0. The Kier molecular flexibility index (Phi) is 3.97. The Hall–Kier alpha value is -1.12. The first-order valence-electron chi connectivity index (χ1n) is 6.25. The summed E-state index contributed by atoms with van der Waals surface area (Å²) in [6.07, 6.45) is 18.3. The Bertz CT molecular complexity index is 303. The van der Waals surface area contributed by atoms with Gasteiger partial charge in [-0.15, -0.1) is 0 Å². The fourth-order valence-electron chi connectivity index (χ4n) is 3.06. The smallest absolute Gasteiger partial charge is 0.0436 e. The highest BCUT2D eigenvalue weighted by molar-refractivity contribution is 5.28. The maximum atomic E-state index is 9.37. The van der Waals surface area contributed by atoms with E-state index in [0.29, 0.717) is 24.7 Å². The lowest BCUT2D eigenvalue weighted by Crippen LogP contribution is -2.36. The zero-order valence-electron chi connectivity index (χ0n) is 10.00. The minimum Gasteiger partial charge on any atom is -0.396 e. The lowest BCUT2D eigenvalue weighted by Gasteiger charge is -2.41. The molecule has 2 N–H and O–H groups in total. The molecule has 2 aliphatic rings. The molecule has 0 heterocycles. The predicted molar refractivity (Wildman–Crippen MR) is 69.4 cm³/mol. The van der Waals surface area contributed by atoms with E-state index in [0.717, 1.165) is 0 Å². The molecule has 0 aliphatic heterocycles. The number of hydrogen-bond donors (Lipinski definition) is 2. The number of rotatable bonds is 6. The van der Waals surface area contributed by atoms with E-state index in [1.165, 1.54) is 0 Å². The molecule has 0 fully saturated rings. The molecule has 0 unspecified atom stereocenters. The van der Waals surface area contributed by atoms with E-state index in [2.05, 4.69) is 48.6 Å². The van der Waals surface area contributed by atoms with Crippen molar-refractivity contribution in [2.24, 2.45) is 17.3 Å². The van der Waals surface area contributed by atoms with Crippen molar-refractivity contribution in [3.05, 3.63) is 48.6 Å². The molecule has 0 bridgehead atoms. The lowest BCUT2D eigenvalue weighted by atomic mass is 9.63. The average molecular weight is 232 g/mol. The molecule has 0 spiro atoms. The quantitative estimate of drug-likeness (QED) is 0.737. The van der Waals surface area contributed by atoms with Crippen LogP contribution in [0.5, 0.6) is 0 Å². The van der Waals surface area contributed by atoms with Gasteiger partial charge in [0.05, 0.1) is 0 Å². The Labute approximate surface area is 103 Å². The van der Waals surface area contributed by atoms with Gasteiger partial charge in [0.2, 0.25) is 0 Å². The van der Waals surface area contributed by atoms with Crippen LogP contribution in [0.4, 0.5) is 0 Å². The van der Waals surface area contributed by atoms with Crippen LogP contribution < -0.4 is 0 Å². The first-order valence-corrected chi connectivity index (χ1v) is 6.25. The van der Waals surface area contributed by atoms with Gasteiger partial charge in [-0.3, -0.25) is 0 Å². The normalized spacial score (nSPS) is 19.9. The zero-order valence-corrected chi connectivity index (χ0v) is 10.00. The van der Waals surface area contributed by atoms with Crippen molar-refractivity contribution in [3.63, 3.8) is 0 Å². The van der Waals surface area contributed by atoms with Gasteiger partial charge in [0.25, 0.3) is 0 Å². The van der Waals surface area contributed by atoms with Crippen LogP contribution in [0.15, 0.2) is 48.6 Å². The molecule has 2 rings (SSSR count). The largest absolute Gasteiger partial charge is 0.396 e. The Morgan fingerprint density at radius 2 is 1.06 bits per heavy atom. The standard InChI is InChI=1S/C15H20O2/c16-11-9-15(10-12-17,13-5-1-2-6-13)14-7-3-4-8-14/h1-8,13-14,16-17H,9-12H2. The van der Waals surface area contributed by atoms with Gasteiger partial charge in [0.1, 0.15) is 0 Å². The van der Waals surface area contributed by atoms with Gasteiger partial charge < -0.3 is 10.2 Å². The van der Waals surface area contributed by atoms with Crippen molar-refractivity contribution in [2.45, 2.75) is 12.8 Å². The minimum absolute atomic E-state index is 0.0868. The first kappa shape index (κ1) is 12.3. The van der Waals surface area contributed by atoms with Crippen LogP contribution in [0.25, 0.3) is 0 Å². The van der Waals surface area contributed by atoms with Crippen LogP contribution in [-0.4, -0.2) is 23.4 Å². The van der Waals surface area contributed by atoms with Crippen LogP contribution in [-0.2, 0) is 0 Å². The monoisotopic (exact) mass is 232 g/mol. The van der Waals surface area contributed by atoms with E-state index in [-0.39, 0.29) is 18.6 Å². The molecule has 0 aromatic rings. The van der Waals surface area contributed by atoms with E-state index in [1.807, 2.05) is 0 Å². The van der Waals surface area contributed by atoms with E-state index in [9.17, 15) is 10.2 Å². The summed E-state index contributed by atoms with van der Waals surface area (Å²) < 4.78 is 0. The van der Waals surface area contributed by atoms with Crippen molar-refractivity contribution in [2.75, 3.05) is 13.2 Å². The second-order valence-corrected chi connectivity index (χ2v) is 4.77. The summed E-state index contributed by atoms with van der Waals surface area (Å²) in [4.78, 5) is 0. The third-order valence-electron chi connectivity index (χ3n) is 3.98. The molecule has 0 aromatic heterocycles. The fraction of sp³-hybridized carbons (Fsp3) is 0.467. The molecule has 0 aromatic carbocycles. The van der Waals surface area contributed by atoms with Gasteiger partial charge in [0.15, 0.2) is 0 Å². The molecule has 2 aliphatic carbocycles. The predicted octanol–water partition coefficient (Wildman–Crippen LogP) is 2.22. The highest BCUT2D eigenvalue weighted by atomic mass is 16.3. The average Bonchev–Trinajstić information content (AvgIpc) is 3.02. The van der Waals surface area contributed by atoms with E-state index < -0.39 is 0 Å². The second kappa shape index (κ2) is 5.48. The zero-order chi connectivity index (χ0) is 12.1. The number of allylic oxidation sites excluding steroid dienone is 8. The highest BCUT2D eigenvalue weighted by Crippen LogP contribution is 2.47. The van der Waals surface area contributed by atoms with Gasteiger partial charge in [-0.05, 0) is 18.3 Å². The summed E-state index contributed by atoms with van der Waals surface area (Å²) in [6, 6.07) is 0. The number of aliphatic hydroxyl groups excluding tert-OH is 2. The van der Waals surface area contributed by atoms with Gasteiger partial charge in [0, 0.05) is 25.0 Å². The van der Waals surface area contributed by atoms with Crippen LogP contribution in [0.1, 0.15) is 12.8 Å². The summed E-state index contributed by atoms with van der Waals surface area (Å²) in [6.45, 7) is 0.326. The molecular formula is C15H20O2. The number of hydrogen-bond acceptors (Lipinski definition) is 2. The van der Waals surface area contributed by atoms with Crippen LogP contribution in [0.3, 0.4) is 0 Å². The molecule has 0 amide bonds. The maximum Gasteiger partial charge on any atom is 0.0436 e. The molecule has 2 nitrogen and oxygen atoms in total. The van der Waals surface area contributed by atoms with Crippen LogP contribution >= 0.6 is 0 Å². The first-order chi connectivity index (χ1) is 8.33. The van der Waals surface area contributed by atoms with Crippen molar-refractivity contribution >= 4 is 0 Å². The minimum atomic E-state index is -0.0868. The van der Waals surface area contributed by atoms with E-state index >= 15 is 0 Å². The van der Waals surface area contributed by atoms with Gasteiger partial charge in [-0.2, -0.15) is 0 Å². The third kappa shape index (κ3) is 2.28. The van der Waals surface area contributed by atoms with Crippen LogP contribution in [0, 0.1) is 17.3 Å². The molecule has 0 radical (unpaired) electrons. The molecule has 17 heavy (non-hydrogen) atoms. The maximum absolute atomic E-state index is 9.37. The summed E-state index contributed by atoms with van der Waals surface area (Å²) in [5.74, 6) is 0.610. The molecular weight excluding hydrogens is 212 g/mol. The Morgan fingerprint density at radius 1 is 0.706 bits per heavy atom. The summed E-state index contributed by atoms with van der Waals surface area (Å²) >= 11 is 0. The topological polar surface area (TPSA) is 40.5 Å². The Morgan fingerprint density at radius 3 is 1.35 bits per heavy atom. The van der Waals surface area contributed by atoms with Gasteiger partial charge in [-0.25, -0.2) is 0 Å². The molecule has 92 valence electrons. The fourth-order valence-corrected chi connectivity index (χ4v) is 3.06. The van der Waals surface area contributed by atoms with E-state index in [4.69, 9.17) is 0 Å². The lowest BCUT2D eigenvalue weighted by molar-refractivity contribution is 0.0850. The van der Waals surface area contributed by atoms with Gasteiger partial charge in [-0.1, -0.05) is 48.6 Å². The Balaban J connectivity index is 2.30. The van der Waals surface area contributed by atoms with E-state index in [1.54, 1.807) is 0 Å². The molecule has 0 atom stereocenters. The van der Waals surface area contributed by atoms with Crippen molar-refractivity contribution in [3.8, 4) is 0 Å². The van der Waals surface area contributed by atoms with Gasteiger partial charge >= 0.3 is 0 Å². The summed E-state index contributed by atoms with van der Waals surface area (Å²) in [5.41, 5.74) is -0.0868. The molecule has 0 saturated heterocycles. The number of aliphatic hydroxyl groups is 2. The van der Waals surface area contributed by atoms with Crippen LogP contribution in [0.2, 0.25) is 0 Å². The highest BCUT2D eigenvalue weighted by Gasteiger charge is 2.41. The molecule has 0 saturated carbocycles. The molecule has 2 heteroatoms. The van der Waals surface area contributed by atoms with Crippen molar-refractivity contribution in [1.82, 2.24) is 0 Å². The SMILES string of the molecule is OCCC(CCO)(C1C=CC=C1)C1C=CC=C1.